The number of hydrogen-bond acceptors (Lipinski definition) is 3. The molecular weight excluding hydrogens is 190 g/mol. The summed E-state index contributed by atoms with van der Waals surface area (Å²) < 4.78 is 0. The van der Waals surface area contributed by atoms with Crippen LogP contribution in [0.2, 0.25) is 0 Å². The van der Waals surface area contributed by atoms with Crippen LogP contribution in [0.5, 0.6) is 0 Å². The molecule has 0 spiro atoms. The zero-order chi connectivity index (χ0) is 10.7. The van der Waals surface area contributed by atoms with E-state index < -0.39 is 0 Å². The zero-order valence-electron chi connectivity index (χ0n) is 7.77. The first-order valence-corrected chi connectivity index (χ1v) is 4.35. The molecule has 2 aromatic rings. The van der Waals surface area contributed by atoms with Crippen molar-refractivity contribution >= 4 is 0 Å². The monoisotopic (exact) mass is 197 g/mol. The van der Waals surface area contributed by atoms with Crippen LogP contribution in [0.15, 0.2) is 41.3 Å². The molecule has 0 aliphatic carbocycles. The zero-order valence-corrected chi connectivity index (χ0v) is 7.77. The summed E-state index contributed by atoms with van der Waals surface area (Å²) in [7, 11) is 0. The highest BCUT2D eigenvalue weighted by molar-refractivity contribution is 5.55. The quantitative estimate of drug-likeness (QED) is 0.749. The van der Waals surface area contributed by atoms with Gasteiger partial charge in [0.15, 0.2) is 0 Å². The van der Waals surface area contributed by atoms with Crippen LogP contribution in [0.3, 0.4) is 0 Å². The van der Waals surface area contributed by atoms with Crippen LogP contribution in [0.4, 0.5) is 0 Å². The fourth-order valence-corrected chi connectivity index (χ4v) is 1.22. The molecule has 15 heavy (non-hydrogen) atoms. The Labute approximate surface area is 85.8 Å². The molecular formula is C11H7N3O. The third-order valence-corrected chi connectivity index (χ3v) is 1.96. The average molecular weight is 197 g/mol. The van der Waals surface area contributed by atoms with Crippen LogP contribution in [0, 0.1) is 11.3 Å². The Morgan fingerprint density at radius 3 is 2.53 bits per heavy atom. The Balaban J connectivity index is 2.47. The van der Waals surface area contributed by atoms with Gasteiger partial charge in [-0.25, -0.2) is 4.98 Å². The van der Waals surface area contributed by atoms with E-state index in [0.717, 1.165) is 5.56 Å². The van der Waals surface area contributed by atoms with Gasteiger partial charge in [-0.1, -0.05) is 0 Å². The summed E-state index contributed by atoms with van der Waals surface area (Å²) >= 11 is 0. The topological polar surface area (TPSA) is 69.5 Å². The summed E-state index contributed by atoms with van der Waals surface area (Å²) in [4.78, 5) is 17.7. The van der Waals surface area contributed by atoms with Gasteiger partial charge < -0.3 is 4.98 Å². The predicted molar refractivity (Wildman–Crippen MR) is 55.0 cm³/mol. The summed E-state index contributed by atoms with van der Waals surface area (Å²) in [5, 5.41) is 8.62. The van der Waals surface area contributed by atoms with Gasteiger partial charge in [0.25, 0.3) is 5.56 Å². The number of nitrogens with zero attached hydrogens (tertiary/aromatic N) is 2. The molecule has 0 fully saturated rings. The number of aromatic amines is 1. The summed E-state index contributed by atoms with van der Waals surface area (Å²) in [5.41, 5.74) is 1.17. The largest absolute Gasteiger partial charge is 0.307 e. The number of rotatable bonds is 1. The normalized spacial score (nSPS) is 9.53. The predicted octanol–water partition coefficient (Wildman–Crippen LogP) is 1.31. The van der Waals surface area contributed by atoms with Crippen molar-refractivity contribution in [3.05, 3.63) is 52.4 Å². The summed E-state index contributed by atoms with van der Waals surface area (Å²) in [6.45, 7) is 0. The van der Waals surface area contributed by atoms with Crippen molar-refractivity contribution in [1.29, 1.82) is 5.26 Å². The van der Waals surface area contributed by atoms with E-state index >= 15 is 0 Å². The third kappa shape index (κ3) is 1.92. The maximum absolute atomic E-state index is 11.0. The minimum atomic E-state index is -0.190. The lowest BCUT2D eigenvalue weighted by atomic mass is 10.1. The molecule has 0 aliphatic heterocycles. The molecule has 0 bridgehead atoms. The summed E-state index contributed by atoms with van der Waals surface area (Å²) in [6, 6.07) is 10.2. The Bertz CT molecular complexity index is 563. The standard InChI is InChI=1S/C11H7N3O/c12-7-8-1-3-9(4-2-8)11-13-6-5-10(15)14-11/h1-6H,(H,13,14,15). The van der Waals surface area contributed by atoms with Crippen molar-refractivity contribution in [3.63, 3.8) is 0 Å². The van der Waals surface area contributed by atoms with E-state index in [4.69, 9.17) is 5.26 Å². The molecule has 1 aromatic carbocycles. The van der Waals surface area contributed by atoms with Crippen molar-refractivity contribution in [2.75, 3.05) is 0 Å². The second-order valence-electron chi connectivity index (χ2n) is 2.97. The molecule has 0 amide bonds. The van der Waals surface area contributed by atoms with E-state index in [1.807, 2.05) is 6.07 Å². The van der Waals surface area contributed by atoms with E-state index in [2.05, 4.69) is 9.97 Å². The van der Waals surface area contributed by atoms with Gasteiger partial charge in [0.2, 0.25) is 0 Å². The summed E-state index contributed by atoms with van der Waals surface area (Å²) in [6.07, 6.45) is 1.45. The molecule has 0 radical (unpaired) electrons. The molecule has 1 N–H and O–H groups in total. The van der Waals surface area contributed by atoms with Crippen LogP contribution < -0.4 is 5.56 Å². The van der Waals surface area contributed by atoms with Gasteiger partial charge in [-0.3, -0.25) is 4.79 Å². The SMILES string of the molecule is N#Cc1ccc(-c2nccc(=O)[nH]2)cc1. The first-order chi connectivity index (χ1) is 7.29. The number of nitriles is 1. The van der Waals surface area contributed by atoms with Crippen molar-refractivity contribution in [1.82, 2.24) is 9.97 Å². The molecule has 0 saturated heterocycles. The van der Waals surface area contributed by atoms with Gasteiger partial charge in [0.05, 0.1) is 11.6 Å². The third-order valence-electron chi connectivity index (χ3n) is 1.96. The number of nitrogens with one attached hydrogen (secondary N) is 1. The Kier molecular flexibility index (Phi) is 2.30. The van der Waals surface area contributed by atoms with Crippen LogP contribution in [0.1, 0.15) is 5.56 Å². The first kappa shape index (κ1) is 9.16. The minimum absolute atomic E-state index is 0.190. The highest BCUT2D eigenvalue weighted by atomic mass is 16.1. The number of benzene rings is 1. The van der Waals surface area contributed by atoms with Gasteiger partial charge in [-0.15, -0.1) is 0 Å². The fraction of sp³-hybridized carbons (Fsp3) is 0. The van der Waals surface area contributed by atoms with Crippen LogP contribution >= 0.6 is 0 Å². The molecule has 4 nitrogen and oxygen atoms in total. The fourth-order valence-electron chi connectivity index (χ4n) is 1.22. The lowest BCUT2D eigenvalue weighted by Gasteiger charge is -1.98. The average Bonchev–Trinajstić information content (AvgIpc) is 2.29. The van der Waals surface area contributed by atoms with E-state index in [-0.39, 0.29) is 5.56 Å². The molecule has 1 aromatic heterocycles. The Morgan fingerprint density at radius 1 is 1.20 bits per heavy atom. The molecule has 2 rings (SSSR count). The molecule has 0 saturated carbocycles. The highest BCUT2D eigenvalue weighted by Gasteiger charge is 1.99. The Morgan fingerprint density at radius 2 is 1.93 bits per heavy atom. The van der Waals surface area contributed by atoms with E-state index in [1.165, 1.54) is 12.3 Å². The highest BCUT2D eigenvalue weighted by Crippen LogP contribution is 2.13. The van der Waals surface area contributed by atoms with Crippen LogP contribution in [0.25, 0.3) is 11.4 Å². The first-order valence-electron chi connectivity index (χ1n) is 4.35. The lowest BCUT2D eigenvalue weighted by molar-refractivity contribution is 1.13. The lowest BCUT2D eigenvalue weighted by Crippen LogP contribution is -2.05. The van der Waals surface area contributed by atoms with Crippen LogP contribution in [-0.4, -0.2) is 9.97 Å². The number of hydrogen-bond donors (Lipinski definition) is 1. The van der Waals surface area contributed by atoms with E-state index in [0.29, 0.717) is 11.4 Å². The van der Waals surface area contributed by atoms with Crippen molar-refractivity contribution in [3.8, 4) is 17.5 Å². The van der Waals surface area contributed by atoms with Crippen molar-refractivity contribution < 1.29 is 0 Å². The molecule has 0 aliphatic rings. The van der Waals surface area contributed by atoms with Gasteiger partial charge in [0.1, 0.15) is 5.82 Å². The number of aromatic nitrogens is 2. The minimum Gasteiger partial charge on any atom is -0.307 e. The molecule has 0 unspecified atom stereocenters. The summed E-state index contributed by atoms with van der Waals surface area (Å²) in [5.74, 6) is 0.506. The maximum atomic E-state index is 11.0. The molecule has 4 heteroatoms. The van der Waals surface area contributed by atoms with Gasteiger partial charge in [-0.05, 0) is 24.3 Å². The van der Waals surface area contributed by atoms with Crippen LogP contribution in [-0.2, 0) is 0 Å². The molecule has 0 atom stereocenters. The molecule has 72 valence electrons. The van der Waals surface area contributed by atoms with E-state index in [9.17, 15) is 4.79 Å². The van der Waals surface area contributed by atoms with Crippen molar-refractivity contribution in [2.45, 2.75) is 0 Å². The van der Waals surface area contributed by atoms with Gasteiger partial charge in [0, 0.05) is 17.8 Å². The van der Waals surface area contributed by atoms with Crippen molar-refractivity contribution in [2.24, 2.45) is 0 Å². The molecule has 1 heterocycles. The number of H-pyrrole nitrogens is 1. The smallest absolute Gasteiger partial charge is 0.251 e. The van der Waals surface area contributed by atoms with Gasteiger partial charge in [-0.2, -0.15) is 5.26 Å². The second kappa shape index (κ2) is 3.76. The van der Waals surface area contributed by atoms with Gasteiger partial charge >= 0.3 is 0 Å². The maximum Gasteiger partial charge on any atom is 0.251 e. The van der Waals surface area contributed by atoms with E-state index in [1.54, 1.807) is 24.3 Å². The second-order valence-corrected chi connectivity index (χ2v) is 2.97. The Hall–Kier alpha value is -2.41.